The first-order valence-corrected chi connectivity index (χ1v) is 7.45. The summed E-state index contributed by atoms with van der Waals surface area (Å²) in [6, 6.07) is 5.89. The highest BCUT2D eigenvalue weighted by molar-refractivity contribution is 5.71. The molecule has 0 amide bonds. The zero-order chi connectivity index (χ0) is 14.9. The number of hydrogen-bond donors (Lipinski definition) is 1. The number of aliphatic hydroxyl groups is 1. The van der Waals surface area contributed by atoms with Gasteiger partial charge in [-0.15, -0.1) is 0 Å². The van der Waals surface area contributed by atoms with Gasteiger partial charge in [-0.1, -0.05) is 6.07 Å². The van der Waals surface area contributed by atoms with Crippen molar-refractivity contribution >= 4 is 0 Å². The van der Waals surface area contributed by atoms with Crippen LogP contribution in [-0.4, -0.2) is 29.9 Å². The molecule has 2 aliphatic rings. The van der Waals surface area contributed by atoms with Crippen LogP contribution in [0, 0.1) is 0 Å². The summed E-state index contributed by atoms with van der Waals surface area (Å²) in [6.45, 7) is 2.13. The Balaban J connectivity index is 1.79. The molecule has 4 rings (SSSR count). The van der Waals surface area contributed by atoms with Gasteiger partial charge in [-0.25, -0.2) is 0 Å². The Morgan fingerprint density at radius 1 is 1.09 bits per heavy atom. The maximum absolute atomic E-state index is 10.1. The fourth-order valence-corrected chi connectivity index (χ4v) is 2.89. The second-order valence-corrected chi connectivity index (χ2v) is 5.50. The zero-order valence-electron chi connectivity index (χ0n) is 12.1. The van der Waals surface area contributed by atoms with E-state index in [1.807, 2.05) is 18.2 Å². The van der Waals surface area contributed by atoms with Crippen LogP contribution < -0.4 is 9.47 Å². The van der Waals surface area contributed by atoms with Gasteiger partial charge in [0.15, 0.2) is 11.5 Å². The van der Waals surface area contributed by atoms with Crippen molar-refractivity contribution in [3.05, 3.63) is 41.7 Å². The van der Waals surface area contributed by atoms with E-state index in [9.17, 15) is 5.11 Å². The van der Waals surface area contributed by atoms with E-state index in [4.69, 9.17) is 14.2 Å². The fraction of sp³-hybridized carbons (Fsp3) is 0.353. The van der Waals surface area contributed by atoms with Gasteiger partial charge in [0.05, 0.1) is 26.4 Å². The number of aromatic nitrogens is 1. The van der Waals surface area contributed by atoms with E-state index >= 15 is 0 Å². The lowest BCUT2D eigenvalue weighted by Gasteiger charge is -2.23. The molecule has 5 nitrogen and oxygen atoms in total. The number of hydrogen-bond acceptors (Lipinski definition) is 5. The van der Waals surface area contributed by atoms with Gasteiger partial charge in [0.25, 0.3) is 0 Å². The molecule has 0 aliphatic carbocycles. The molecule has 0 radical (unpaired) electrons. The maximum atomic E-state index is 10.1. The molecule has 0 saturated heterocycles. The highest BCUT2D eigenvalue weighted by Crippen LogP contribution is 2.37. The Labute approximate surface area is 128 Å². The Kier molecular flexibility index (Phi) is 3.44. The zero-order valence-corrected chi connectivity index (χ0v) is 12.1. The van der Waals surface area contributed by atoms with Crippen LogP contribution in [0.2, 0.25) is 0 Å². The van der Waals surface area contributed by atoms with E-state index in [0.717, 1.165) is 40.2 Å². The van der Waals surface area contributed by atoms with Crippen LogP contribution in [0.25, 0.3) is 11.1 Å². The van der Waals surface area contributed by atoms with Crippen molar-refractivity contribution in [2.45, 2.75) is 19.1 Å². The molecule has 2 aromatic rings. The van der Waals surface area contributed by atoms with Crippen LogP contribution in [0.3, 0.4) is 0 Å². The highest BCUT2D eigenvalue weighted by Gasteiger charge is 2.22. The van der Waals surface area contributed by atoms with E-state index in [0.29, 0.717) is 26.4 Å². The van der Waals surface area contributed by atoms with Gasteiger partial charge in [-0.2, -0.15) is 0 Å². The van der Waals surface area contributed by atoms with Crippen molar-refractivity contribution in [2.24, 2.45) is 0 Å². The van der Waals surface area contributed by atoms with Gasteiger partial charge in [0.1, 0.15) is 6.10 Å². The number of ether oxygens (including phenoxy) is 3. The second-order valence-electron chi connectivity index (χ2n) is 5.50. The third-order valence-corrected chi connectivity index (χ3v) is 4.03. The van der Waals surface area contributed by atoms with Gasteiger partial charge in [-0.05, 0) is 23.3 Å². The van der Waals surface area contributed by atoms with Crippen molar-refractivity contribution in [3.63, 3.8) is 0 Å². The van der Waals surface area contributed by atoms with Gasteiger partial charge >= 0.3 is 0 Å². The minimum atomic E-state index is -0.614. The molecule has 5 heteroatoms. The minimum Gasteiger partial charge on any atom is -0.490 e. The lowest BCUT2D eigenvalue weighted by atomic mass is 9.94. The Hall–Kier alpha value is -2.11. The predicted molar refractivity (Wildman–Crippen MR) is 79.9 cm³/mol. The van der Waals surface area contributed by atoms with E-state index in [1.54, 1.807) is 12.4 Å². The Morgan fingerprint density at radius 2 is 1.95 bits per heavy atom. The lowest BCUT2D eigenvalue weighted by molar-refractivity contribution is 0.00981. The number of fused-ring (bicyclic) bond motifs is 2. The van der Waals surface area contributed by atoms with E-state index in [2.05, 4.69) is 4.98 Å². The summed E-state index contributed by atoms with van der Waals surface area (Å²) < 4.78 is 16.9. The average Bonchev–Trinajstić information content (AvgIpc) is 2.79. The molecule has 0 fully saturated rings. The van der Waals surface area contributed by atoms with E-state index < -0.39 is 6.10 Å². The van der Waals surface area contributed by atoms with Crippen molar-refractivity contribution in [1.82, 2.24) is 4.98 Å². The molecule has 0 saturated carbocycles. The summed E-state index contributed by atoms with van der Waals surface area (Å²) in [6.07, 6.45) is 3.79. The van der Waals surface area contributed by atoms with Crippen molar-refractivity contribution in [3.8, 4) is 22.6 Å². The smallest absolute Gasteiger partial charge is 0.161 e. The normalized spacial score (nSPS) is 20.1. The van der Waals surface area contributed by atoms with Crippen LogP contribution in [0.1, 0.15) is 23.7 Å². The molecule has 0 bridgehead atoms. The van der Waals surface area contributed by atoms with Crippen molar-refractivity contribution in [1.29, 1.82) is 0 Å². The SMILES string of the molecule is OC1COCc2c(-c3ccc4c(c3)OCCCO4)cncc21. The van der Waals surface area contributed by atoms with Gasteiger partial charge in [0, 0.05) is 29.9 Å². The molecular formula is C17H17NO4. The third-order valence-electron chi connectivity index (χ3n) is 4.03. The summed E-state index contributed by atoms with van der Waals surface area (Å²) in [7, 11) is 0. The average molecular weight is 299 g/mol. The summed E-state index contributed by atoms with van der Waals surface area (Å²) in [5, 5.41) is 10.1. The molecule has 1 unspecified atom stereocenters. The highest BCUT2D eigenvalue weighted by atomic mass is 16.5. The number of rotatable bonds is 1. The minimum absolute atomic E-state index is 0.319. The van der Waals surface area contributed by atoms with Gasteiger partial charge < -0.3 is 19.3 Å². The van der Waals surface area contributed by atoms with Crippen LogP contribution >= 0.6 is 0 Å². The molecular weight excluding hydrogens is 282 g/mol. The first-order chi connectivity index (χ1) is 10.8. The molecule has 1 aromatic heterocycles. The van der Waals surface area contributed by atoms with Crippen LogP contribution in [0.4, 0.5) is 0 Å². The Bertz CT molecular complexity index is 701. The quantitative estimate of drug-likeness (QED) is 0.876. The van der Waals surface area contributed by atoms with Crippen LogP contribution in [0.5, 0.6) is 11.5 Å². The first kappa shape index (κ1) is 13.5. The largest absolute Gasteiger partial charge is 0.490 e. The molecule has 3 heterocycles. The van der Waals surface area contributed by atoms with Gasteiger partial charge in [-0.3, -0.25) is 4.98 Å². The number of aliphatic hydroxyl groups excluding tert-OH is 1. The molecule has 22 heavy (non-hydrogen) atoms. The van der Waals surface area contributed by atoms with Crippen molar-refractivity contribution < 1.29 is 19.3 Å². The number of pyridine rings is 1. The number of nitrogens with zero attached hydrogens (tertiary/aromatic N) is 1. The van der Waals surface area contributed by atoms with Gasteiger partial charge in [0.2, 0.25) is 0 Å². The van der Waals surface area contributed by atoms with Crippen LogP contribution in [-0.2, 0) is 11.3 Å². The standard InChI is InChI=1S/C17H17NO4/c19-15-10-20-9-14-12(7-18-8-13(14)15)11-2-3-16-17(6-11)22-5-1-4-21-16/h2-3,6-8,15,19H,1,4-5,9-10H2. The van der Waals surface area contributed by atoms with Crippen LogP contribution in [0.15, 0.2) is 30.6 Å². The second kappa shape index (κ2) is 5.59. The number of benzene rings is 1. The molecule has 114 valence electrons. The molecule has 0 spiro atoms. The summed E-state index contributed by atoms with van der Waals surface area (Å²) in [4.78, 5) is 4.27. The summed E-state index contributed by atoms with van der Waals surface area (Å²) in [5.74, 6) is 1.53. The van der Waals surface area contributed by atoms with Crippen molar-refractivity contribution in [2.75, 3.05) is 19.8 Å². The summed E-state index contributed by atoms with van der Waals surface area (Å²) in [5.41, 5.74) is 3.79. The third kappa shape index (κ3) is 2.32. The molecule has 2 aliphatic heterocycles. The van der Waals surface area contributed by atoms with E-state index in [-0.39, 0.29) is 0 Å². The molecule has 1 N–H and O–H groups in total. The maximum Gasteiger partial charge on any atom is 0.161 e. The monoisotopic (exact) mass is 299 g/mol. The fourth-order valence-electron chi connectivity index (χ4n) is 2.89. The molecule has 1 aromatic carbocycles. The first-order valence-electron chi connectivity index (χ1n) is 7.45. The lowest BCUT2D eigenvalue weighted by Crippen LogP contribution is -2.17. The molecule has 1 atom stereocenters. The topological polar surface area (TPSA) is 60.8 Å². The predicted octanol–water partition coefficient (Wildman–Crippen LogP) is 2.47. The van der Waals surface area contributed by atoms with E-state index in [1.165, 1.54) is 0 Å². The Morgan fingerprint density at radius 3 is 2.86 bits per heavy atom. The summed E-state index contributed by atoms with van der Waals surface area (Å²) >= 11 is 0.